The molecule has 2 atom stereocenters. The van der Waals surface area contributed by atoms with Gasteiger partial charge in [0.2, 0.25) is 5.56 Å². The van der Waals surface area contributed by atoms with Gasteiger partial charge in [0, 0.05) is 41.9 Å². The number of H-pyrrole nitrogens is 1. The number of amides is 1. The van der Waals surface area contributed by atoms with Gasteiger partial charge in [0.1, 0.15) is 11.4 Å². The van der Waals surface area contributed by atoms with E-state index in [2.05, 4.69) is 18.8 Å². The minimum Gasteiger partial charge on any atom is -0.487 e. The number of benzene rings is 1. The largest absolute Gasteiger partial charge is 0.487 e. The van der Waals surface area contributed by atoms with Gasteiger partial charge >= 0.3 is 0 Å². The molecule has 1 N–H and O–H groups in total. The standard InChI is InChI=1S/C24H27ClN2O4/c1-23(2)18-12-24(14-30-21(18)17-11-16(25)4-5-19(17)31-23)7-9-27(10-8-24)22(29)15-3-6-20(28)26-13-15/h3-6,11,13,18,21H,7-10,12,14H2,1-2H3,(H,26,28)/t18-,21+/m0/s1. The predicted molar refractivity (Wildman–Crippen MR) is 118 cm³/mol. The Morgan fingerprint density at radius 2 is 1.97 bits per heavy atom. The molecule has 0 aliphatic carbocycles. The molecule has 164 valence electrons. The first kappa shape index (κ1) is 20.6. The first-order chi connectivity index (χ1) is 14.8. The molecular formula is C24H27ClN2O4. The van der Waals surface area contributed by atoms with Crippen LogP contribution < -0.4 is 10.3 Å². The normalized spacial score (nSPS) is 26.0. The van der Waals surface area contributed by atoms with Gasteiger partial charge in [0.05, 0.1) is 18.3 Å². The zero-order chi connectivity index (χ0) is 21.8. The third-order valence-corrected chi connectivity index (χ3v) is 7.51. The number of nitrogens with one attached hydrogen (secondary N) is 1. The van der Waals surface area contributed by atoms with Crippen molar-refractivity contribution in [1.82, 2.24) is 9.88 Å². The number of piperidine rings is 1. The van der Waals surface area contributed by atoms with Gasteiger partial charge in [-0.1, -0.05) is 11.6 Å². The smallest absolute Gasteiger partial charge is 0.255 e. The van der Waals surface area contributed by atoms with Gasteiger partial charge in [-0.2, -0.15) is 0 Å². The zero-order valence-corrected chi connectivity index (χ0v) is 18.6. The molecule has 0 radical (unpaired) electrons. The van der Waals surface area contributed by atoms with Crippen molar-refractivity contribution in [3.05, 3.63) is 63.0 Å². The Hall–Kier alpha value is -2.31. The van der Waals surface area contributed by atoms with Crippen LogP contribution in [0.2, 0.25) is 5.02 Å². The minimum atomic E-state index is -0.345. The van der Waals surface area contributed by atoms with E-state index in [4.69, 9.17) is 21.1 Å². The van der Waals surface area contributed by atoms with Crippen molar-refractivity contribution >= 4 is 17.5 Å². The Kier molecular flexibility index (Phi) is 4.90. The Labute approximate surface area is 186 Å². The van der Waals surface area contributed by atoms with Crippen LogP contribution in [0, 0.1) is 11.3 Å². The fraction of sp³-hybridized carbons (Fsp3) is 0.500. The molecular weight excluding hydrogens is 416 g/mol. The summed E-state index contributed by atoms with van der Waals surface area (Å²) in [7, 11) is 0. The van der Waals surface area contributed by atoms with E-state index in [1.54, 1.807) is 6.07 Å². The van der Waals surface area contributed by atoms with Crippen molar-refractivity contribution in [3.8, 4) is 5.75 Å². The van der Waals surface area contributed by atoms with E-state index in [-0.39, 0.29) is 34.5 Å². The van der Waals surface area contributed by atoms with Gasteiger partial charge < -0.3 is 19.4 Å². The van der Waals surface area contributed by atoms with Crippen LogP contribution in [-0.2, 0) is 4.74 Å². The second kappa shape index (κ2) is 7.38. The van der Waals surface area contributed by atoms with E-state index in [9.17, 15) is 9.59 Å². The van der Waals surface area contributed by atoms with E-state index in [1.807, 2.05) is 23.1 Å². The topological polar surface area (TPSA) is 71.6 Å². The molecule has 6 nitrogen and oxygen atoms in total. The van der Waals surface area contributed by atoms with Crippen LogP contribution in [0.5, 0.6) is 5.75 Å². The summed E-state index contributed by atoms with van der Waals surface area (Å²) in [6.45, 7) is 6.32. The molecule has 1 amide bonds. The number of halogens is 1. The Morgan fingerprint density at radius 3 is 2.68 bits per heavy atom. The summed E-state index contributed by atoms with van der Waals surface area (Å²) in [5, 5.41) is 0.693. The van der Waals surface area contributed by atoms with Gasteiger partial charge in [-0.25, -0.2) is 0 Å². The van der Waals surface area contributed by atoms with Crippen molar-refractivity contribution in [2.24, 2.45) is 11.3 Å². The maximum absolute atomic E-state index is 12.8. The Balaban J connectivity index is 1.32. The molecule has 4 heterocycles. The van der Waals surface area contributed by atoms with Crippen molar-refractivity contribution in [3.63, 3.8) is 0 Å². The summed E-state index contributed by atoms with van der Waals surface area (Å²) in [5.74, 6) is 1.03. The van der Waals surface area contributed by atoms with E-state index < -0.39 is 0 Å². The number of nitrogens with zero attached hydrogens (tertiary/aromatic N) is 1. The number of pyridine rings is 1. The van der Waals surface area contributed by atoms with Gasteiger partial charge in [0.15, 0.2) is 0 Å². The average Bonchev–Trinajstić information content (AvgIpc) is 2.75. The Bertz CT molecular complexity index is 1050. The number of ether oxygens (including phenoxy) is 2. The number of hydrogen-bond donors (Lipinski definition) is 1. The lowest BCUT2D eigenvalue weighted by molar-refractivity contribution is -0.173. The zero-order valence-electron chi connectivity index (χ0n) is 17.8. The molecule has 0 bridgehead atoms. The van der Waals surface area contributed by atoms with E-state index >= 15 is 0 Å². The lowest BCUT2D eigenvalue weighted by atomic mass is 9.64. The van der Waals surface area contributed by atoms with Crippen LogP contribution in [0.4, 0.5) is 0 Å². The average molecular weight is 443 g/mol. The molecule has 7 heteroatoms. The van der Waals surface area contributed by atoms with E-state index in [0.717, 1.165) is 30.6 Å². The molecule has 2 aromatic rings. The minimum absolute atomic E-state index is 0.0242. The molecule has 3 aliphatic heterocycles. The quantitative estimate of drug-likeness (QED) is 0.718. The summed E-state index contributed by atoms with van der Waals surface area (Å²) >= 11 is 6.26. The van der Waals surface area contributed by atoms with Crippen LogP contribution in [0.25, 0.3) is 0 Å². The highest BCUT2D eigenvalue weighted by atomic mass is 35.5. The highest BCUT2D eigenvalue weighted by Gasteiger charge is 2.52. The summed E-state index contributed by atoms with van der Waals surface area (Å²) in [6.07, 6.45) is 4.25. The Morgan fingerprint density at radius 1 is 1.19 bits per heavy atom. The molecule has 1 spiro atoms. The maximum Gasteiger partial charge on any atom is 0.255 e. The second-order valence-corrected chi connectivity index (χ2v) is 10.1. The first-order valence-corrected chi connectivity index (χ1v) is 11.2. The molecule has 5 rings (SSSR count). The van der Waals surface area contributed by atoms with Crippen molar-refractivity contribution in [2.75, 3.05) is 19.7 Å². The summed E-state index contributed by atoms with van der Waals surface area (Å²) < 4.78 is 12.9. The molecule has 0 unspecified atom stereocenters. The van der Waals surface area contributed by atoms with Gasteiger partial charge in [-0.05, 0) is 62.8 Å². The molecule has 2 fully saturated rings. The van der Waals surface area contributed by atoms with Crippen molar-refractivity contribution in [2.45, 2.75) is 44.8 Å². The van der Waals surface area contributed by atoms with Crippen molar-refractivity contribution < 1.29 is 14.3 Å². The number of fused-ring (bicyclic) bond motifs is 3. The second-order valence-electron chi connectivity index (χ2n) is 9.66. The van der Waals surface area contributed by atoms with Gasteiger partial charge in [-0.15, -0.1) is 0 Å². The van der Waals surface area contributed by atoms with Crippen LogP contribution in [0.3, 0.4) is 0 Å². The van der Waals surface area contributed by atoms with Crippen LogP contribution in [0.15, 0.2) is 41.3 Å². The SMILES string of the molecule is CC1(C)Oc2ccc(Cl)cc2[C@H]2OCC3(CCN(C(=O)c4ccc(=O)[nH]c4)CC3)C[C@@H]21. The maximum atomic E-state index is 12.8. The lowest BCUT2D eigenvalue weighted by Gasteiger charge is -2.54. The fourth-order valence-electron chi connectivity index (χ4n) is 5.38. The van der Waals surface area contributed by atoms with E-state index in [0.29, 0.717) is 30.3 Å². The van der Waals surface area contributed by atoms with Gasteiger partial charge in [-0.3, -0.25) is 9.59 Å². The van der Waals surface area contributed by atoms with Crippen molar-refractivity contribution in [1.29, 1.82) is 0 Å². The third-order valence-electron chi connectivity index (χ3n) is 7.27. The lowest BCUT2D eigenvalue weighted by Crippen LogP contribution is -2.54. The number of rotatable bonds is 1. The number of carbonyl (C=O) groups is 1. The first-order valence-electron chi connectivity index (χ1n) is 10.8. The number of aromatic nitrogens is 1. The molecule has 3 aliphatic rings. The third kappa shape index (κ3) is 3.66. The molecule has 1 aromatic heterocycles. The molecule has 1 aromatic carbocycles. The monoisotopic (exact) mass is 442 g/mol. The van der Waals surface area contributed by atoms with Crippen LogP contribution in [0.1, 0.15) is 55.1 Å². The number of hydrogen-bond acceptors (Lipinski definition) is 4. The molecule has 0 saturated carbocycles. The predicted octanol–water partition coefficient (Wildman–Crippen LogP) is 4.20. The number of likely N-dealkylation sites (tertiary alicyclic amines) is 1. The van der Waals surface area contributed by atoms with Crippen LogP contribution >= 0.6 is 11.6 Å². The van der Waals surface area contributed by atoms with E-state index in [1.165, 1.54) is 12.3 Å². The summed E-state index contributed by atoms with van der Waals surface area (Å²) in [5.41, 5.74) is 1.05. The number of aromatic amines is 1. The summed E-state index contributed by atoms with van der Waals surface area (Å²) in [4.78, 5) is 28.6. The van der Waals surface area contributed by atoms with Gasteiger partial charge in [0.25, 0.3) is 5.91 Å². The van der Waals surface area contributed by atoms with Crippen LogP contribution in [-0.4, -0.2) is 41.1 Å². The molecule has 31 heavy (non-hydrogen) atoms. The highest BCUT2D eigenvalue weighted by Crippen LogP contribution is 2.55. The summed E-state index contributed by atoms with van der Waals surface area (Å²) in [6, 6.07) is 8.74. The molecule has 2 saturated heterocycles. The fourth-order valence-corrected chi connectivity index (χ4v) is 5.57. The number of carbonyl (C=O) groups excluding carboxylic acids is 1. The highest BCUT2D eigenvalue weighted by molar-refractivity contribution is 6.30.